The number of carbonyl (C=O) groups is 1. The number of amides is 1. The highest BCUT2D eigenvalue weighted by atomic mass is 19.1. The lowest BCUT2D eigenvalue weighted by Crippen LogP contribution is -2.36. The fourth-order valence-corrected chi connectivity index (χ4v) is 2.74. The van der Waals surface area contributed by atoms with Crippen LogP contribution in [0.1, 0.15) is 44.0 Å². The average Bonchev–Trinajstić information content (AvgIpc) is 3.34. The Morgan fingerprint density at radius 2 is 2.04 bits per heavy atom. The van der Waals surface area contributed by atoms with Gasteiger partial charge in [0.1, 0.15) is 11.9 Å². The fraction of sp³-hybridized carbons (Fsp3) is 0.474. The normalized spacial score (nSPS) is 16.5. The van der Waals surface area contributed by atoms with E-state index in [1.165, 1.54) is 25.0 Å². The highest BCUT2D eigenvalue weighted by molar-refractivity contribution is 5.80. The summed E-state index contributed by atoms with van der Waals surface area (Å²) in [7, 11) is 0. The largest absolute Gasteiger partial charge is 0.368 e. The van der Waals surface area contributed by atoms with Crippen molar-refractivity contribution < 1.29 is 13.9 Å². The standard InChI is InChI=1S/C19H24FN3O2/c1-12(22-19(24)14(3)25-11-15-4-5-15)18-10-21-23(13(18)2)17-8-6-16(20)7-9-17/h6-10,12,14-15H,4-5,11H2,1-3H3,(H,22,24)/t12-,14-/m1/s1. The predicted molar refractivity (Wildman–Crippen MR) is 93.0 cm³/mol. The van der Waals surface area contributed by atoms with Gasteiger partial charge in [-0.2, -0.15) is 5.10 Å². The number of nitrogens with zero attached hydrogens (tertiary/aromatic N) is 2. The summed E-state index contributed by atoms with van der Waals surface area (Å²) in [6.07, 6.45) is 3.67. The predicted octanol–water partition coefficient (Wildman–Crippen LogP) is 3.31. The minimum Gasteiger partial charge on any atom is -0.368 e. The molecule has 0 unspecified atom stereocenters. The number of halogens is 1. The van der Waals surface area contributed by atoms with E-state index in [0.29, 0.717) is 12.5 Å². The zero-order valence-corrected chi connectivity index (χ0v) is 14.8. The van der Waals surface area contributed by atoms with Gasteiger partial charge in [0, 0.05) is 11.3 Å². The van der Waals surface area contributed by atoms with Gasteiger partial charge in [0.2, 0.25) is 5.91 Å². The Balaban J connectivity index is 1.64. The molecule has 1 heterocycles. The Hall–Kier alpha value is -2.21. The zero-order valence-electron chi connectivity index (χ0n) is 14.8. The monoisotopic (exact) mass is 345 g/mol. The molecule has 1 aliphatic rings. The summed E-state index contributed by atoms with van der Waals surface area (Å²) in [6, 6.07) is 5.97. The fourth-order valence-electron chi connectivity index (χ4n) is 2.74. The van der Waals surface area contributed by atoms with Crippen LogP contribution in [0.15, 0.2) is 30.5 Å². The molecule has 25 heavy (non-hydrogen) atoms. The molecule has 2 aromatic rings. The summed E-state index contributed by atoms with van der Waals surface area (Å²) in [5, 5.41) is 7.35. The van der Waals surface area contributed by atoms with Crippen molar-refractivity contribution in [2.24, 2.45) is 5.92 Å². The minimum atomic E-state index is -0.463. The van der Waals surface area contributed by atoms with Gasteiger partial charge in [-0.1, -0.05) is 0 Å². The average molecular weight is 345 g/mol. The number of benzene rings is 1. The number of carbonyl (C=O) groups excluding carboxylic acids is 1. The summed E-state index contributed by atoms with van der Waals surface area (Å²) >= 11 is 0. The van der Waals surface area contributed by atoms with Crippen molar-refractivity contribution in [3.8, 4) is 5.69 Å². The van der Waals surface area contributed by atoms with Crippen LogP contribution in [0.5, 0.6) is 0 Å². The molecular weight excluding hydrogens is 321 g/mol. The molecule has 1 fully saturated rings. The Kier molecular flexibility index (Phi) is 5.18. The van der Waals surface area contributed by atoms with Crippen LogP contribution in [-0.2, 0) is 9.53 Å². The molecule has 3 rings (SSSR count). The van der Waals surface area contributed by atoms with Crippen LogP contribution in [0.4, 0.5) is 4.39 Å². The SMILES string of the molecule is Cc1c([C@@H](C)NC(=O)[C@@H](C)OCC2CC2)cnn1-c1ccc(F)cc1. The maximum absolute atomic E-state index is 13.1. The lowest BCUT2D eigenvalue weighted by molar-refractivity contribution is -0.132. The summed E-state index contributed by atoms with van der Waals surface area (Å²) in [4.78, 5) is 12.3. The van der Waals surface area contributed by atoms with Gasteiger partial charge in [-0.3, -0.25) is 4.79 Å². The van der Waals surface area contributed by atoms with Gasteiger partial charge in [0.05, 0.1) is 24.5 Å². The van der Waals surface area contributed by atoms with Crippen LogP contribution in [-0.4, -0.2) is 28.4 Å². The van der Waals surface area contributed by atoms with Gasteiger partial charge in [-0.25, -0.2) is 9.07 Å². The quantitative estimate of drug-likeness (QED) is 0.837. The summed E-state index contributed by atoms with van der Waals surface area (Å²) < 4.78 is 20.4. The third-order valence-electron chi connectivity index (χ3n) is 4.59. The van der Waals surface area contributed by atoms with E-state index in [4.69, 9.17) is 4.74 Å². The molecule has 5 nitrogen and oxygen atoms in total. The zero-order chi connectivity index (χ0) is 18.0. The summed E-state index contributed by atoms with van der Waals surface area (Å²) in [5.41, 5.74) is 2.61. The highest BCUT2D eigenvalue weighted by Gasteiger charge is 2.25. The number of hydrogen-bond acceptors (Lipinski definition) is 3. The highest BCUT2D eigenvalue weighted by Crippen LogP contribution is 2.29. The van der Waals surface area contributed by atoms with Crippen LogP contribution >= 0.6 is 0 Å². The Labute approximate surface area is 147 Å². The van der Waals surface area contributed by atoms with Crippen LogP contribution < -0.4 is 5.32 Å². The van der Waals surface area contributed by atoms with Crippen molar-refractivity contribution in [3.05, 3.63) is 47.5 Å². The molecule has 1 aromatic carbocycles. The second-order valence-electron chi connectivity index (χ2n) is 6.72. The van der Waals surface area contributed by atoms with Gasteiger partial charge in [-0.05, 0) is 63.8 Å². The van der Waals surface area contributed by atoms with Crippen LogP contribution in [0, 0.1) is 18.7 Å². The number of hydrogen-bond donors (Lipinski definition) is 1. The van der Waals surface area contributed by atoms with Crippen molar-refractivity contribution in [1.82, 2.24) is 15.1 Å². The Morgan fingerprint density at radius 1 is 1.36 bits per heavy atom. The number of aromatic nitrogens is 2. The summed E-state index contributed by atoms with van der Waals surface area (Å²) in [6.45, 7) is 6.29. The lowest BCUT2D eigenvalue weighted by atomic mass is 10.1. The molecule has 1 N–H and O–H groups in total. The van der Waals surface area contributed by atoms with Gasteiger partial charge in [0.25, 0.3) is 0 Å². The minimum absolute atomic E-state index is 0.123. The lowest BCUT2D eigenvalue weighted by Gasteiger charge is -2.18. The second kappa shape index (κ2) is 7.35. The molecule has 134 valence electrons. The van der Waals surface area contributed by atoms with Crippen LogP contribution in [0.25, 0.3) is 5.69 Å². The summed E-state index contributed by atoms with van der Waals surface area (Å²) in [5.74, 6) is 0.223. The molecule has 0 spiro atoms. The topological polar surface area (TPSA) is 56.1 Å². The Bertz CT molecular complexity index is 738. The maximum atomic E-state index is 13.1. The molecule has 1 amide bonds. The molecule has 0 bridgehead atoms. The molecule has 0 aliphatic heterocycles. The number of rotatable bonds is 7. The maximum Gasteiger partial charge on any atom is 0.249 e. The molecule has 0 saturated heterocycles. The smallest absolute Gasteiger partial charge is 0.249 e. The van der Waals surface area contributed by atoms with E-state index in [9.17, 15) is 9.18 Å². The van der Waals surface area contributed by atoms with E-state index >= 15 is 0 Å². The first-order valence-corrected chi connectivity index (χ1v) is 8.68. The molecule has 1 saturated carbocycles. The molecule has 1 aliphatic carbocycles. The van der Waals surface area contributed by atoms with Gasteiger partial charge in [0.15, 0.2) is 0 Å². The molecular formula is C19H24FN3O2. The van der Waals surface area contributed by atoms with Crippen molar-refractivity contribution in [2.75, 3.05) is 6.61 Å². The molecule has 2 atom stereocenters. The van der Waals surface area contributed by atoms with E-state index in [-0.39, 0.29) is 17.8 Å². The van der Waals surface area contributed by atoms with E-state index in [0.717, 1.165) is 16.9 Å². The van der Waals surface area contributed by atoms with Gasteiger partial charge >= 0.3 is 0 Å². The van der Waals surface area contributed by atoms with Crippen molar-refractivity contribution in [2.45, 2.75) is 45.8 Å². The number of nitrogens with one attached hydrogen (secondary N) is 1. The van der Waals surface area contributed by atoms with Gasteiger partial charge in [-0.15, -0.1) is 0 Å². The van der Waals surface area contributed by atoms with Crippen molar-refractivity contribution >= 4 is 5.91 Å². The molecule has 1 aromatic heterocycles. The third kappa shape index (κ3) is 4.25. The Morgan fingerprint density at radius 3 is 2.68 bits per heavy atom. The van der Waals surface area contributed by atoms with E-state index < -0.39 is 6.10 Å². The van der Waals surface area contributed by atoms with Gasteiger partial charge < -0.3 is 10.1 Å². The van der Waals surface area contributed by atoms with Crippen molar-refractivity contribution in [1.29, 1.82) is 0 Å². The van der Waals surface area contributed by atoms with E-state index in [1.807, 2.05) is 13.8 Å². The van der Waals surface area contributed by atoms with Crippen LogP contribution in [0.3, 0.4) is 0 Å². The van der Waals surface area contributed by atoms with E-state index in [2.05, 4.69) is 10.4 Å². The first-order valence-electron chi connectivity index (χ1n) is 8.68. The molecule has 0 radical (unpaired) electrons. The first kappa shape index (κ1) is 17.6. The van der Waals surface area contributed by atoms with Crippen molar-refractivity contribution in [3.63, 3.8) is 0 Å². The van der Waals surface area contributed by atoms with E-state index in [1.54, 1.807) is 29.9 Å². The second-order valence-corrected chi connectivity index (χ2v) is 6.72. The van der Waals surface area contributed by atoms with Crippen LogP contribution in [0.2, 0.25) is 0 Å². The molecule has 6 heteroatoms. The first-order chi connectivity index (χ1) is 12.0. The third-order valence-corrected chi connectivity index (χ3v) is 4.59. The number of ether oxygens (including phenoxy) is 1.